The predicted octanol–water partition coefficient (Wildman–Crippen LogP) is 3.68. The zero-order valence-electron chi connectivity index (χ0n) is 18.4. The maximum Gasteiger partial charge on any atom is 0.522 e. The number of amides is 3. The first-order valence-electron chi connectivity index (χ1n) is 11.2. The van der Waals surface area contributed by atoms with E-state index >= 15 is 0 Å². The van der Waals surface area contributed by atoms with Crippen molar-refractivity contribution in [2.24, 2.45) is 0 Å². The summed E-state index contributed by atoms with van der Waals surface area (Å²) in [5.41, 5.74) is -1.59. The average molecular weight is 507 g/mol. The highest BCUT2D eigenvalue weighted by atomic mass is 19.4. The maximum atomic E-state index is 12.9. The minimum atomic E-state index is -4.68. The molecule has 13 heteroatoms. The number of halogens is 6. The van der Waals surface area contributed by atoms with Gasteiger partial charge < -0.3 is 19.9 Å². The first kappa shape index (κ1) is 24.0. The molecule has 1 N–H and O–H groups in total. The van der Waals surface area contributed by atoms with Gasteiger partial charge in [-0.25, -0.2) is 4.79 Å². The number of nitrogens with zero attached hydrogens (tertiary/aromatic N) is 2. The number of alkyl halides is 6. The molecule has 3 amide bonds. The number of benzene rings is 1. The zero-order chi connectivity index (χ0) is 25.2. The molecule has 6 rings (SSSR count). The molecular weight excluding hydrogens is 484 g/mol. The van der Waals surface area contributed by atoms with Crippen LogP contribution in [0.3, 0.4) is 0 Å². The van der Waals surface area contributed by atoms with E-state index in [0.29, 0.717) is 32.4 Å². The third-order valence-electron chi connectivity index (χ3n) is 7.38. The number of nitrogens with one attached hydrogen (secondary N) is 1. The van der Waals surface area contributed by atoms with Crippen LogP contribution in [0.5, 0.6) is 5.75 Å². The van der Waals surface area contributed by atoms with Gasteiger partial charge in [0.05, 0.1) is 17.2 Å². The van der Waals surface area contributed by atoms with E-state index in [9.17, 15) is 35.9 Å². The number of rotatable bonds is 7. The Morgan fingerprint density at radius 1 is 1.03 bits per heavy atom. The Morgan fingerprint density at radius 3 is 2.23 bits per heavy atom. The van der Waals surface area contributed by atoms with Gasteiger partial charge in [-0.15, -0.1) is 13.2 Å². The van der Waals surface area contributed by atoms with Gasteiger partial charge in [-0.05, 0) is 56.4 Å². The van der Waals surface area contributed by atoms with Crippen LogP contribution in [0, 0.1) is 0 Å². The minimum Gasteiger partial charge on any atom is -0.484 e. The summed E-state index contributed by atoms with van der Waals surface area (Å²) in [6.45, 7) is 0.588. The van der Waals surface area contributed by atoms with E-state index in [1.807, 2.05) is 0 Å². The van der Waals surface area contributed by atoms with Crippen molar-refractivity contribution in [1.82, 2.24) is 15.1 Å². The number of carbonyl (C=O) groups is 2. The second-order valence-electron chi connectivity index (χ2n) is 9.83. The Kier molecular flexibility index (Phi) is 5.42. The summed E-state index contributed by atoms with van der Waals surface area (Å²) in [5, 5.41) is 2.89. The smallest absolute Gasteiger partial charge is 0.484 e. The summed E-state index contributed by atoms with van der Waals surface area (Å²) >= 11 is 0. The Balaban J connectivity index is 1.05. The second-order valence-corrected chi connectivity index (χ2v) is 9.83. The van der Waals surface area contributed by atoms with Crippen molar-refractivity contribution in [2.45, 2.75) is 67.9 Å². The molecule has 1 aliphatic heterocycles. The normalized spacial score (nSPS) is 32.0. The lowest BCUT2D eigenvalue weighted by atomic mass is 9.43. The third-order valence-corrected chi connectivity index (χ3v) is 7.38. The first-order chi connectivity index (χ1) is 16.3. The van der Waals surface area contributed by atoms with E-state index in [-0.39, 0.29) is 42.8 Å². The molecule has 5 aliphatic rings. The average Bonchev–Trinajstić information content (AvgIpc) is 3.04. The number of carbonyl (C=O) groups excluding carboxylic acids is 2. The molecular formula is C22H23F6N3O4. The molecule has 2 bridgehead atoms. The van der Waals surface area contributed by atoms with Crippen molar-refractivity contribution in [3.8, 4) is 5.75 Å². The lowest BCUT2D eigenvalue weighted by Crippen LogP contribution is -2.84. The minimum absolute atomic E-state index is 0.142. The quantitative estimate of drug-likeness (QED) is 0.572. The van der Waals surface area contributed by atoms with Gasteiger partial charge in [0.15, 0.2) is 6.61 Å². The summed E-state index contributed by atoms with van der Waals surface area (Å²) in [4.78, 5) is 28.5. The van der Waals surface area contributed by atoms with Crippen LogP contribution >= 0.6 is 0 Å². The Morgan fingerprint density at radius 2 is 1.66 bits per heavy atom. The number of hydrogen-bond donors (Lipinski definition) is 1. The van der Waals surface area contributed by atoms with Gasteiger partial charge in [-0.2, -0.15) is 13.2 Å². The van der Waals surface area contributed by atoms with Gasteiger partial charge in [0.2, 0.25) is 0 Å². The molecule has 1 saturated heterocycles. The van der Waals surface area contributed by atoms with Crippen LogP contribution < -0.4 is 10.1 Å². The summed E-state index contributed by atoms with van der Waals surface area (Å²) in [6.07, 6.45) is -7.99. The van der Waals surface area contributed by atoms with Gasteiger partial charge in [0.1, 0.15) is 5.75 Å². The Bertz CT molecular complexity index is 986. The van der Waals surface area contributed by atoms with Crippen LogP contribution in [-0.4, -0.2) is 71.0 Å². The van der Waals surface area contributed by atoms with E-state index in [1.54, 1.807) is 9.80 Å². The predicted molar refractivity (Wildman–Crippen MR) is 107 cm³/mol. The molecule has 5 fully saturated rings. The molecule has 0 aromatic heterocycles. The number of hydrogen-bond acceptors (Lipinski definition) is 4. The van der Waals surface area contributed by atoms with Crippen LogP contribution in [0.25, 0.3) is 0 Å². The molecule has 0 radical (unpaired) electrons. The fourth-order valence-electron chi connectivity index (χ4n) is 5.78. The molecule has 0 unspecified atom stereocenters. The van der Waals surface area contributed by atoms with Crippen LogP contribution in [0.4, 0.5) is 31.1 Å². The van der Waals surface area contributed by atoms with E-state index in [4.69, 9.17) is 4.74 Å². The summed E-state index contributed by atoms with van der Waals surface area (Å²) in [7, 11) is 0. The van der Waals surface area contributed by atoms with Crippen LogP contribution in [0.1, 0.15) is 37.7 Å². The maximum absolute atomic E-state index is 12.9. The highest BCUT2D eigenvalue weighted by Crippen LogP contribution is 2.64. The zero-order valence-corrected chi connectivity index (χ0v) is 18.4. The van der Waals surface area contributed by atoms with Crippen LogP contribution in [-0.2, 0) is 15.7 Å². The van der Waals surface area contributed by atoms with Crippen molar-refractivity contribution >= 4 is 11.9 Å². The number of ether oxygens (including phenoxy) is 2. The van der Waals surface area contributed by atoms with Crippen molar-refractivity contribution in [3.05, 3.63) is 29.8 Å². The Labute approximate surface area is 196 Å². The van der Waals surface area contributed by atoms with Crippen molar-refractivity contribution in [2.75, 3.05) is 19.7 Å². The number of urea groups is 1. The summed E-state index contributed by atoms with van der Waals surface area (Å²) < 4.78 is 84.1. The molecule has 35 heavy (non-hydrogen) atoms. The SMILES string of the molecule is O=C(COc1ccc(C(F)(F)F)cc1)NC12CC(N3CCN(C4CC(OC(F)(F)F)C4)C3=O)(C1)C2. The molecule has 4 saturated carbocycles. The van der Waals surface area contributed by atoms with Crippen molar-refractivity contribution in [1.29, 1.82) is 0 Å². The van der Waals surface area contributed by atoms with Crippen molar-refractivity contribution in [3.63, 3.8) is 0 Å². The van der Waals surface area contributed by atoms with Gasteiger partial charge in [0.25, 0.3) is 5.91 Å². The second kappa shape index (κ2) is 7.90. The van der Waals surface area contributed by atoms with Crippen LogP contribution in [0.15, 0.2) is 24.3 Å². The van der Waals surface area contributed by atoms with Gasteiger partial charge in [-0.1, -0.05) is 0 Å². The van der Waals surface area contributed by atoms with E-state index in [2.05, 4.69) is 10.1 Å². The molecule has 0 spiro atoms. The van der Waals surface area contributed by atoms with Gasteiger partial charge in [0, 0.05) is 24.7 Å². The highest BCUT2D eigenvalue weighted by Gasteiger charge is 2.72. The molecule has 1 heterocycles. The van der Waals surface area contributed by atoms with Crippen LogP contribution in [0.2, 0.25) is 0 Å². The summed E-state index contributed by atoms with van der Waals surface area (Å²) in [6, 6.07) is 3.60. The van der Waals surface area contributed by atoms with Gasteiger partial charge >= 0.3 is 18.6 Å². The van der Waals surface area contributed by atoms with E-state index < -0.39 is 35.7 Å². The van der Waals surface area contributed by atoms with E-state index in [1.165, 1.54) is 0 Å². The highest BCUT2D eigenvalue weighted by molar-refractivity contribution is 5.81. The topological polar surface area (TPSA) is 71.1 Å². The fraction of sp³-hybridized carbons (Fsp3) is 0.636. The lowest BCUT2D eigenvalue weighted by molar-refractivity contribution is -0.353. The largest absolute Gasteiger partial charge is 0.522 e. The molecule has 1 aromatic rings. The monoisotopic (exact) mass is 507 g/mol. The first-order valence-corrected chi connectivity index (χ1v) is 11.2. The Hall–Kier alpha value is -2.70. The molecule has 7 nitrogen and oxygen atoms in total. The third kappa shape index (κ3) is 4.50. The molecule has 192 valence electrons. The fourth-order valence-corrected chi connectivity index (χ4v) is 5.78. The van der Waals surface area contributed by atoms with E-state index in [0.717, 1.165) is 24.3 Å². The molecule has 0 atom stereocenters. The molecule has 1 aromatic carbocycles. The summed E-state index contributed by atoms with van der Waals surface area (Å²) in [5.74, 6) is -0.262. The molecule has 4 aliphatic carbocycles. The van der Waals surface area contributed by atoms with Crippen molar-refractivity contribution < 1.29 is 45.4 Å². The van der Waals surface area contributed by atoms with Gasteiger partial charge in [-0.3, -0.25) is 9.53 Å². The lowest BCUT2D eigenvalue weighted by Gasteiger charge is -2.72. The standard InChI is InChI=1S/C22H23F6N3O4/c23-21(24,25)13-1-3-15(4-2-13)34-9-17(32)29-19-10-20(11-19,12-19)31-6-5-30(18(31)33)14-7-16(8-14)35-22(26,27)28/h1-4,14,16H,5-12H2,(H,29,32).